The Morgan fingerprint density at radius 3 is 2.69 bits per heavy atom. The third-order valence-electron chi connectivity index (χ3n) is 3.95. The van der Waals surface area contributed by atoms with Gasteiger partial charge in [0.25, 0.3) is 17.2 Å². The fourth-order valence-electron chi connectivity index (χ4n) is 2.63. The van der Waals surface area contributed by atoms with Crippen LogP contribution in [0.4, 0.5) is 5.69 Å². The molecular formula is C18H16N4O4. The second kappa shape index (κ2) is 6.75. The van der Waals surface area contributed by atoms with E-state index in [9.17, 15) is 19.7 Å². The van der Waals surface area contributed by atoms with E-state index in [-0.39, 0.29) is 29.2 Å². The first-order valence-corrected chi connectivity index (χ1v) is 7.81. The number of amides is 1. The van der Waals surface area contributed by atoms with Gasteiger partial charge in [-0.25, -0.2) is 4.98 Å². The van der Waals surface area contributed by atoms with E-state index in [1.165, 1.54) is 34.0 Å². The predicted molar refractivity (Wildman–Crippen MR) is 96.2 cm³/mol. The molecule has 2 aromatic carbocycles. The molecular weight excluding hydrogens is 336 g/mol. The quantitative estimate of drug-likeness (QED) is 0.529. The summed E-state index contributed by atoms with van der Waals surface area (Å²) in [4.78, 5) is 40.6. The van der Waals surface area contributed by atoms with E-state index in [0.717, 1.165) is 5.56 Å². The highest BCUT2D eigenvalue weighted by Crippen LogP contribution is 2.16. The fourth-order valence-corrected chi connectivity index (χ4v) is 2.63. The Morgan fingerprint density at radius 2 is 2.00 bits per heavy atom. The molecule has 0 atom stereocenters. The Bertz CT molecular complexity index is 1070. The third kappa shape index (κ3) is 3.30. The zero-order chi connectivity index (χ0) is 18.8. The van der Waals surface area contributed by atoms with Gasteiger partial charge < -0.3 is 4.90 Å². The number of benzene rings is 2. The van der Waals surface area contributed by atoms with E-state index in [4.69, 9.17) is 0 Å². The summed E-state index contributed by atoms with van der Waals surface area (Å²) in [7, 11) is 3.35. The van der Waals surface area contributed by atoms with Gasteiger partial charge in [-0.15, -0.1) is 0 Å². The molecule has 3 rings (SSSR count). The maximum atomic E-state index is 12.6. The number of nitro benzene ring substituents is 1. The first kappa shape index (κ1) is 17.3. The molecule has 3 aromatic rings. The fraction of sp³-hybridized carbons (Fsp3) is 0.167. The monoisotopic (exact) mass is 352 g/mol. The van der Waals surface area contributed by atoms with Crippen LogP contribution in [0.1, 0.15) is 15.9 Å². The van der Waals surface area contributed by atoms with Crippen LogP contribution in [0.15, 0.2) is 53.6 Å². The average Bonchev–Trinajstić information content (AvgIpc) is 2.63. The molecule has 26 heavy (non-hydrogen) atoms. The Labute approximate surface area is 148 Å². The normalized spacial score (nSPS) is 10.7. The Morgan fingerprint density at radius 1 is 1.23 bits per heavy atom. The van der Waals surface area contributed by atoms with Crippen LogP contribution >= 0.6 is 0 Å². The zero-order valence-corrected chi connectivity index (χ0v) is 14.2. The molecule has 8 nitrogen and oxygen atoms in total. The molecule has 0 saturated carbocycles. The van der Waals surface area contributed by atoms with Crippen LogP contribution in [0.25, 0.3) is 10.9 Å². The number of nitro groups is 1. The van der Waals surface area contributed by atoms with Crippen molar-refractivity contribution in [3.05, 3.63) is 80.4 Å². The first-order valence-electron chi connectivity index (χ1n) is 7.81. The lowest BCUT2D eigenvalue weighted by atomic mass is 10.1. The van der Waals surface area contributed by atoms with Crippen LogP contribution in [0.2, 0.25) is 0 Å². The van der Waals surface area contributed by atoms with Crippen LogP contribution in [0.3, 0.4) is 0 Å². The van der Waals surface area contributed by atoms with Crippen molar-refractivity contribution in [2.75, 3.05) is 14.1 Å². The van der Waals surface area contributed by atoms with Gasteiger partial charge in [-0.05, 0) is 23.8 Å². The average molecular weight is 352 g/mol. The number of carbonyl (C=O) groups excluding carboxylic acids is 1. The van der Waals surface area contributed by atoms with Crippen LogP contribution < -0.4 is 5.56 Å². The molecule has 132 valence electrons. The molecule has 1 amide bonds. The molecule has 0 radical (unpaired) electrons. The summed E-state index contributed by atoms with van der Waals surface area (Å²) in [6.07, 6.45) is 1.36. The van der Waals surface area contributed by atoms with Crippen LogP contribution in [0.5, 0.6) is 0 Å². The van der Waals surface area contributed by atoms with E-state index < -0.39 is 4.92 Å². The molecule has 0 fully saturated rings. The van der Waals surface area contributed by atoms with Crippen molar-refractivity contribution >= 4 is 22.5 Å². The lowest BCUT2D eigenvalue weighted by Crippen LogP contribution is -2.23. The molecule has 0 unspecified atom stereocenters. The standard InChI is InChI=1S/C18H16N4O4/c1-20(2)17(23)13-5-3-4-12(8-13)10-21-11-19-16-9-14(22(25)26)6-7-15(16)18(21)24/h3-9,11H,10H2,1-2H3. The second-order valence-corrected chi connectivity index (χ2v) is 6.04. The summed E-state index contributed by atoms with van der Waals surface area (Å²) < 4.78 is 1.41. The number of nitrogens with zero attached hydrogens (tertiary/aromatic N) is 4. The van der Waals surface area contributed by atoms with E-state index >= 15 is 0 Å². The Balaban J connectivity index is 1.97. The van der Waals surface area contributed by atoms with Crippen molar-refractivity contribution < 1.29 is 9.72 Å². The lowest BCUT2D eigenvalue weighted by Gasteiger charge is -2.12. The zero-order valence-electron chi connectivity index (χ0n) is 14.2. The molecule has 0 spiro atoms. The topological polar surface area (TPSA) is 98.3 Å². The van der Waals surface area contributed by atoms with Crippen molar-refractivity contribution in [1.82, 2.24) is 14.5 Å². The highest BCUT2D eigenvalue weighted by molar-refractivity contribution is 5.94. The van der Waals surface area contributed by atoms with Gasteiger partial charge in [0.15, 0.2) is 0 Å². The lowest BCUT2D eigenvalue weighted by molar-refractivity contribution is -0.384. The maximum absolute atomic E-state index is 12.6. The third-order valence-corrected chi connectivity index (χ3v) is 3.95. The van der Waals surface area contributed by atoms with Crippen molar-refractivity contribution in [2.24, 2.45) is 0 Å². The maximum Gasteiger partial charge on any atom is 0.271 e. The SMILES string of the molecule is CN(C)C(=O)c1cccc(Cn2cnc3cc([N+](=O)[O-])ccc3c2=O)c1. The summed E-state index contributed by atoms with van der Waals surface area (Å²) in [6.45, 7) is 0.243. The summed E-state index contributed by atoms with van der Waals surface area (Å²) in [5.41, 5.74) is 1.18. The van der Waals surface area contributed by atoms with Crippen LogP contribution in [0, 0.1) is 10.1 Å². The smallest absolute Gasteiger partial charge is 0.271 e. The molecule has 0 aliphatic rings. The number of aromatic nitrogens is 2. The van der Waals surface area contributed by atoms with Gasteiger partial charge in [0.05, 0.1) is 28.7 Å². The van der Waals surface area contributed by atoms with E-state index in [1.54, 1.807) is 32.3 Å². The van der Waals surface area contributed by atoms with Gasteiger partial charge in [-0.3, -0.25) is 24.3 Å². The van der Waals surface area contributed by atoms with Gasteiger partial charge >= 0.3 is 0 Å². The van der Waals surface area contributed by atoms with Crippen molar-refractivity contribution in [3.8, 4) is 0 Å². The van der Waals surface area contributed by atoms with Crippen LogP contribution in [-0.2, 0) is 6.54 Å². The van der Waals surface area contributed by atoms with Gasteiger partial charge in [0.1, 0.15) is 0 Å². The Kier molecular flexibility index (Phi) is 4.49. The molecule has 1 heterocycles. The molecule has 0 bridgehead atoms. The van der Waals surface area contributed by atoms with Gasteiger partial charge in [0, 0.05) is 31.8 Å². The summed E-state index contributed by atoms with van der Waals surface area (Å²) >= 11 is 0. The molecule has 0 aliphatic heterocycles. The summed E-state index contributed by atoms with van der Waals surface area (Å²) in [6, 6.07) is 11.0. The molecule has 0 aliphatic carbocycles. The van der Waals surface area contributed by atoms with Gasteiger partial charge in [-0.2, -0.15) is 0 Å². The second-order valence-electron chi connectivity index (χ2n) is 6.04. The van der Waals surface area contributed by atoms with Gasteiger partial charge in [-0.1, -0.05) is 12.1 Å². The van der Waals surface area contributed by atoms with E-state index in [1.807, 2.05) is 6.07 Å². The number of hydrogen-bond acceptors (Lipinski definition) is 5. The number of rotatable bonds is 4. The van der Waals surface area contributed by atoms with Crippen molar-refractivity contribution in [2.45, 2.75) is 6.54 Å². The minimum Gasteiger partial charge on any atom is -0.345 e. The van der Waals surface area contributed by atoms with Gasteiger partial charge in [0.2, 0.25) is 0 Å². The number of fused-ring (bicyclic) bond motifs is 1. The molecule has 0 N–H and O–H groups in total. The van der Waals surface area contributed by atoms with Crippen molar-refractivity contribution in [3.63, 3.8) is 0 Å². The van der Waals surface area contributed by atoms with E-state index in [0.29, 0.717) is 10.9 Å². The van der Waals surface area contributed by atoms with Crippen molar-refractivity contribution in [1.29, 1.82) is 0 Å². The van der Waals surface area contributed by atoms with E-state index in [2.05, 4.69) is 4.98 Å². The molecule has 0 saturated heterocycles. The predicted octanol–water partition coefficient (Wildman–Crippen LogP) is 2.05. The number of carbonyl (C=O) groups is 1. The Hall–Kier alpha value is -3.55. The number of non-ortho nitro benzene ring substituents is 1. The largest absolute Gasteiger partial charge is 0.345 e. The first-order chi connectivity index (χ1) is 12.4. The molecule has 8 heteroatoms. The summed E-state index contributed by atoms with van der Waals surface area (Å²) in [5, 5.41) is 11.1. The molecule has 1 aromatic heterocycles. The minimum atomic E-state index is -0.528. The minimum absolute atomic E-state index is 0.114. The van der Waals surface area contributed by atoms with Crippen LogP contribution in [-0.4, -0.2) is 39.4 Å². The highest BCUT2D eigenvalue weighted by atomic mass is 16.6. The number of hydrogen-bond donors (Lipinski definition) is 0. The highest BCUT2D eigenvalue weighted by Gasteiger charge is 2.12. The summed E-state index contributed by atoms with van der Waals surface area (Å²) in [5.74, 6) is -0.122.